The van der Waals surface area contributed by atoms with E-state index < -0.39 is 33.7 Å². The second-order valence-corrected chi connectivity index (χ2v) is 9.67. The Morgan fingerprint density at radius 2 is 1.88 bits per heavy atom. The van der Waals surface area contributed by atoms with Crippen LogP contribution in [0, 0.1) is 18.6 Å². The highest BCUT2D eigenvalue weighted by atomic mass is 32.2. The number of carbonyl (C=O) groups is 1. The largest absolute Gasteiger partial charge is 0.486 e. The molecule has 0 amide bonds. The van der Waals surface area contributed by atoms with Crippen LogP contribution in [0.2, 0.25) is 0 Å². The summed E-state index contributed by atoms with van der Waals surface area (Å²) in [6.45, 7) is 1.65. The van der Waals surface area contributed by atoms with Crippen molar-refractivity contribution in [1.82, 2.24) is 0 Å². The molecule has 0 fully saturated rings. The number of sulfonamides is 1. The summed E-state index contributed by atoms with van der Waals surface area (Å²) in [5.74, 6) is -2.86. The van der Waals surface area contributed by atoms with Gasteiger partial charge >= 0.3 is 5.97 Å². The van der Waals surface area contributed by atoms with Gasteiger partial charge in [-0.1, -0.05) is 30.3 Å². The Bertz CT molecular complexity index is 1330. The van der Waals surface area contributed by atoms with Crippen LogP contribution in [0.5, 0.6) is 5.75 Å². The molecule has 0 saturated heterocycles. The van der Waals surface area contributed by atoms with Gasteiger partial charge < -0.3 is 9.84 Å². The van der Waals surface area contributed by atoms with Crippen molar-refractivity contribution in [3.05, 3.63) is 77.9 Å². The molecule has 1 aliphatic heterocycles. The van der Waals surface area contributed by atoms with Gasteiger partial charge in [0, 0.05) is 12.0 Å². The molecule has 33 heavy (non-hydrogen) atoms. The molecule has 172 valence electrons. The number of ether oxygens (including phenoxy) is 1. The summed E-state index contributed by atoms with van der Waals surface area (Å²) in [6, 6.07) is 14.6. The lowest BCUT2D eigenvalue weighted by Crippen LogP contribution is -2.43. The van der Waals surface area contributed by atoms with Gasteiger partial charge in [0.2, 0.25) is 0 Å². The lowest BCUT2D eigenvalue weighted by molar-refractivity contribution is -0.137. The fourth-order valence-electron chi connectivity index (χ4n) is 3.77. The topological polar surface area (TPSA) is 83.9 Å². The van der Waals surface area contributed by atoms with Crippen molar-refractivity contribution in [3.8, 4) is 16.9 Å². The lowest BCUT2D eigenvalue weighted by atomic mass is 10.0. The summed E-state index contributed by atoms with van der Waals surface area (Å²) in [5, 5.41) is 9.03. The molecular formula is C24H21F2NO5S. The predicted octanol–water partition coefficient (Wildman–Crippen LogP) is 4.76. The van der Waals surface area contributed by atoms with Gasteiger partial charge in [0.1, 0.15) is 11.9 Å². The second kappa shape index (κ2) is 8.82. The molecule has 3 aromatic rings. The number of hydrogen-bond donors (Lipinski definition) is 1. The van der Waals surface area contributed by atoms with Gasteiger partial charge in [-0.25, -0.2) is 17.2 Å². The molecule has 0 radical (unpaired) electrons. The standard InChI is InChI=1S/C24H21F2NO5S/c1-15-4-2-5-18(12-15)33(30,31)27-14-17(9-11-23(28)29)32-22-10-8-16(13-21(22)27)19-6-3-7-20(25)24(19)26/h2-8,10,12-13,17H,9,11,14H2,1H3,(H,28,29)/t17-/m0/s1. The monoisotopic (exact) mass is 473 g/mol. The highest BCUT2D eigenvalue weighted by molar-refractivity contribution is 7.92. The van der Waals surface area contributed by atoms with Crippen LogP contribution in [-0.4, -0.2) is 32.1 Å². The summed E-state index contributed by atoms with van der Waals surface area (Å²) in [5.41, 5.74) is 1.19. The Kier molecular flexibility index (Phi) is 6.07. The van der Waals surface area contributed by atoms with E-state index in [1.54, 1.807) is 19.1 Å². The first-order valence-electron chi connectivity index (χ1n) is 10.2. The number of carboxylic acids is 1. The zero-order valence-corrected chi connectivity index (χ0v) is 18.5. The maximum Gasteiger partial charge on any atom is 0.303 e. The van der Waals surface area contributed by atoms with E-state index in [0.717, 1.165) is 15.9 Å². The van der Waals surface area contributed by atoms with Crippen LogP contribution in [0.1, 0.15) is 18.4 Å². The zero-order valence-electron chi connectivity index (χ0n) is 17.7. The Morgan fingerprint density at radius 1 is 1.12 bits per heavy atom. The van der Waals surface area contributed by atoms with E-state index in [-0.39, 0.29) is 46.8 Å². The Hall–Kier alpha value is -3.46. The van der Waals surface area contributed by atoms with E-state index in [1.165, 1.54) is 42.5 Å². The number of fused-ring (bicyclic) bond motifs is 1. The molecule has 0 saturated carbocycles. The molecule has 0 unspecified atom stereocenters. The van der Waals surface area contributed by atoms with Gasteiger partial charge in [-0.15, -0.1) is 0 Å². The van der Waals surface area contributed by atoms with Crippen LogP contribution < -0.4 is 9.04 Å². The zero-order chi connectivity index (χ0) is 23.8. The molecule has 3 aromatic carbocycles. The minimum Gasteiger partial charge on any atom is -0.486 e. The molecule has 1 N–H and O–H groups in total. The number of rotatable bonds is 6. The number of carboxylic acid groups (broad SMARTS) is 1. The fourth-order valence-corrected chi connectivity index (χ4v) is 5.38. The van der Waals surface area contributed by atoms with Crippen LogP contribution in [-0.2, 0) is 14.8 Å². The Labute approximate surface area is 190 Å². The van der Waals surface area contributed by atoms with Crippen molar-refractivity contribution in [2.45, 2.75) is 30.8 Å². The quantitative estimate of drug-likeness (QED) is 0.558. The number of aryl methyl sites for hydroxylation is 1. The van der Waals surface area contributed by atoms with Crippen LogP contribution in [0.3, 0.4) is 0 Å². The van der Waals surface area contributed by atoms with E-state index in [9.17, 15) is 22.0 Å². The molecule has 6 nitrogen and oxygen atoms in total. The van der Waals surface area contributed by atoms with E-state index in [0.29, 0.717) is 0 Å². The third kappa shape index (κ3) is 4.54. The Balaban J connectivity index is 1.83. The third-order valence-corrected chi connectivity index (χ3v) is 7.19. The van der Waals surface area contributed by atoms with Gasteiger partial charge in [0.25, 0.3) is 10.0 Å². The first-order chi connectivity index (χ1) is 15.7. The summed E-state index contributed by atoms with van der Waals surface area (Å²) in [4.78, 5) is 11.1. The van der Waals surface area contributed by atoms with E-state index in [1.807, 2.05) is 0 Å². The van der Waals surface area contributed by atoms with Crippen LogP contribution in [0.15, 0.2) is 65.6 Å². The maximum atomic E-state index is 14.4. The maximum absolute atomic E-state index is 14.4. The SMILES string of the molecule is Cc1cccc(S(=O)(=O)N2C[C@H](CCC(=O)O)Oc3ccc(-c4cccc(F)c4F)cc32)c1. The minimum absolute atomic E-state index is 0.0151. The fraction of sp³-hybridized carbons (Fsp3) is 0.208. The summed E-state index contributed by atoms with van der Waals surface area (Å²) in [7, 11) is -4.05. The predicted molar refractivity (Wildman–Crippen MR) is 119 cm³/mol. The third-order valence-electron chi connectivity index (χ3n) is 5.41. The summed E-state index contributed by atoms with van der Waals surface area (Å²) < 4.78 is 62.4. The van der Waals surface area contributed by atoms with Crippen LogP contribution in [0.25, 0.3) is 11.1 Å². The van der Waals surface area contributed by atoms with Crippen LogP contribution >= 0.6 is 0 Å². The van der Waals surface area contributed by atoms with Crippen molar-refractivity contribution >= 4 is 21.7 Å². The molecule has 1 atom stereocenters. The Morgan fingerprint density at radius 3 is 2.61 bits per heavy atom. The summed E-state index contributed by atoms with van der Waals surface area (Å²) in [6.07, 6.45) is -0.773. The first-order valence-corrected chi connectivity index (χ1v) is 11.7. The van der Waals surface area contributed by atoms with Crippen molar-refractivity contribution in [2.24, 2.45) is 0 Å². The molecule has 0 bridgehead atoms. The molecule has 4 rings (SSSR count). The van der Waals surface area contributed by atoms with Crippen molar-refractivity contribution in [1.29, 1.82) is 0 Å². The molecule has 9 heteroatoms. The van der Waals surface area contributed by atoms with Crippen molar-refractivity contribution < 1.29 is 31.8 Å². The number of anilines is 1. The average molecular weight is 473 g/mol. The van der Waals surface area contributed by atoms with Gasteiger partial charge in [-0.3, -0.25) is 9.10 Å². The van der Waals surface area contributed by atoms with E-state index in [2.05, 4.69) is 0 Å². The molecule has 1 heterocycles. The molecule has 0 spiro atoms. The molecule has 0 aliphatic carbocycles. The van der Waals surface area contributed by atoms with Crippen molar-refractivity contribution in [2.75, 3.05) is 10.8 Å². The van der Waals surface area contributed by atoms with Gasteiger partial charge in [-0.05, 0) is 54.8 Å². The number of hydrogen-bond acceptors (Lipinski definition) is 4. The van der Waals surface area contributed by atoms with E-state index in [4.69, 9.17) is 9.84 Å². The average Bonchev–Trinajstić information content (AvgIpc) is 2.78. The number of aliphatic carboxylic acids is 1. The highest BCUT2D eigenvalue weighted by Gasteiger charge is 2.35. The second-order valence-electron chi connectivity index (χ2n) is 7.81. The number of halogens is 2. The van der Waals surface area contributed by atoms with Gasteiger partial charge in [0.15, 0.2) is 11.6 Å². The van der Waals surface area contributed by atoms with Gasteiger partial charge in [0.05, 0.1) is 17.1 Å². The van der Waals surface area contributed by atoms with Gasteiger partial charge in [-0.2, -0.15) is 0 Å². The highest BCUT2D eigenvalue weighted by Crippen LogP contribution is 2.41. The first kappa shape index (κ1) is 22.7. The lowest BCUT2D eigenvalue weighted by Gasteiger charge is -2.35. The van der Waals surface area contributed by atoms with E-state index >= 15 is 0 Å². The molecule has 1 aliphatic rings. The number of nitrogens with zero attached hydrogens (tertiary/aromatic N) is 1. The smallest absolute Gasteiger partial charge is 0.303 e. The van der Waals surface area contributed by atoms with Crippen molar-refractivity contribution in [3.63, 3.8) is 0 Å². The minimum atomic E-state index is -4.05. The number of benzene rings is 3. The summed E-state index contributed by atoms with van der Waals surface area (Å²) >= 11 is 0. The molecule has 0 aromatic heterocycles. The molecular weight excluding hydrogens is 452 g/mol. The van der Waals surface area contributed by atoms with Crippen LogP contribution in [0.4, 0.5) is 14.5 Å². The normalized spacial score (nSPS) is 15.6.